The van der Waals surface area contributed by atoms with Crippen LogP contribution in [0.4, 0.5) is 14.6 Å². The third-order valence-corrected chi connectivity index (χ3v) is 5.58. The Morgan fingerprint density at radius 2 is 1.91 bits per heavy atom. The molecule has 3 heterocycles. The number of hydrogen-bond acceptors (Lipinski definition) is 5. The number of anilines is 1. The average Bonchev–Trinajstić information content (AvgIpc) is 3.27. The van der Waals surface area contributed by atoms with Crippen LogP contribution in [0.25, 0.3) is 27.6 Å². The van der Waals surface area contributed by atoms with E-state index in [2.05, 4.69) is 25.3 Å². The van der Waals surface area contributed by atoms with Crippen molar-refractivity contribution < 1.29 is 8.78 Å². The molecule has 160 valence electrons. The fourth-order valence-corrected chi connectivity index (χ4v) is 3.96. The van der Waals surface area contributed by atoms with Crippen LogP contribution in [0.5, 0.6) is 0 Å². The Labute approximate surface area is 184 Å². The second kappa shape index (κ2) is 7.69. The molecule has 0 radical (unpaired) electrons. The second-order valence-electron chi connectivity index (χ2n) is 7.17. The predicted molar refractivity (Wildman–Crippen MR) is 118 cm³/mol. The number of fused-ring (bicyclic) bond motifs is 2. The minimum absolute atomic E-state index is 0.0241. The van der Waals surface area contributed by atoms with E-state index < -0.39 is 23.2 Å². The number of nitrogens with zero attached hydrogens (tertiary/aromatic N) is 4. The lowest BCUT2D eigenvalue weighted by Gasteiger charge is -2.22. The monoisotopic (exact) mass is 452 g/mol. The van der Waals surface area contributed by atoms with E-state index in [9.17, 15) is 13.6 Å². The van der Waals surface area contributed by atoms with Crippen molar-refractivity contribution in [3.05, 3.63) is 87.8 Å². The molecule has 2 aromatic carbocycles. The number of pyridine rings is 1. The lowest BCUT2D eigenvalue weighted by molar-refractivity contribution is 0.610. The van der Waals surface area contributed by atoms with E-state index in [1.807, 2.05) is 0 Å². The summed E-state index contributed by atoms with van der Waals surface area (Å²) in [4.78, 5) is 28.9. The molecule has 0 saturated carbocycles. The zero-order valence-corrected chi connectivity index (χ0v) is 17.4. The van der Waals surface area contributed by atoms with E-state index >= 15 is 0 Å². The van der Waals surface area contributed by atoms with Gasteiger partial charge in [-0.05, 0) is 36.6 Å². The average molecular weight is 453 g/mol. The van der Waals surface area contributed by atoms with Gasteiger partial charge in [-0.1, -0.05) is 29.8 Å². The van der Waals surface area contributed by atoms with Gasteiger partial charge >= 0.3 is 0 Å². The van der Waals surface area contributed by atoms with Gasteiger partial charge in [0, 0.05) is 5.69 Å². The largest absolute Gasteiger partial charge is 0.360 e. The van der Waals surface area contributed by atoms with Crippen molar-refractivity contribution in [1.82, 2.24) is 24.5 Å². The number of para-hydroxylation sites is 1. The van der Waals surface area contributed by atoms with Crippen molar-refractivity contribution in [2.75, 3.05) is 5.32 Å². The number of H-pyrrole nitrogens is 1. The SMILES string of the molecule is CC(Nc1ncnc2[nH]cnc12)c1cc2ccc(F)c(Cl)c2c(=O)n1-c1ccccc1F. The molecule has 0 amide bonds. The highest BCUT2D eigenvalue weighted by atomic mass is 35.5. The summed E-state index contributed by atoms with van der Waals surface area (Å²) in [5.41, 5.74) is 0.883. The molecule has 32 heavy (non-hydrogen) atoms. The predicted octanol–water partition coefficient (Wildman–Crippen LogP) is 4.76. The highest BCUT2D eigenvalue weighted by Crippen LogP contribution is 2.29. The Balaban J connectivity index is 1.75. The summed E-state index contributed by atoms with van der Waals surface area (Å²) in [6, 6.07) is 9.67. The number of rotatable bonds is 4. The molecule has 0 aliphatic carbocycles. The van der Waals surface area contributed by atoms with E-state index in [4.69, 9.17) is 11.6 Å². The van der Waals surface area contributed by atoms with Crippen LogP contribution in [0.3, 0.4) is 0 Å². The van der Waals surface area contributed by atoms with Crippen LogP contribution in [-0.4, -0.2) is 24.5 Å². The number of aromatic nitrogens is 5. The molecule has 0 aliphatic heterocycles. The summed E-state index contributed by atoms with van der Waals surface area (Å²) in [6.45, 7) is 1.80. The molecule has 0 fully saturated rings. The van der Waals surface area contributed by atoms with Gasteiger partial charge in [-0.3, -0.25) is 9.36 Å². The minimum atomic E-state index is -0.725. The van der Waals surface area contributed by atoms with Crippen molar-refractivity contribution in [2.45, 2.75) is 13.0 Å². The van der Waals surface area contributed by atoms with Gasteiger partial charge in [0.15, 0.2) is 11.5 Å². The zero-order chi connectivity index (χ0) is 22.4. The number of halogens is 3. The molecular formula is C22H15ClF2N6O. The molecule has 0 saturated heterocycles. The maximum atomic E-state index is 14.8. The Bertz CT molecular complexity index is 1550. The van der Waals surface area contributed by atoms with Gasteiger partial charge in [-0.25, -0.2) is 23.7 Å². The summed E-state index contributed by atoms with van der Waals surface area (Å²) < 4.78 is 30.1. The van der Waals surface area contributed by atoms with Crippen LogP contribution in [-0.2, 0) is 0 Å². The highest BCUT2D eigenvalue weighted by Gasteiger charge is 2.21. The number of hydrogen-bond donors (Lipinski definition) is 2. The molecule has 0 bridgehead atoms. The maximum Gasteiger partial charge on any atom is 0.264 e. The van der Waals surface area contributed by atoms with Gasteiger partial charge in [-0.15, -0.1) is 0 Å². The Hall–Kier alpha value is -3.85. The van der Waals surface area contributed by atoms with Gasteiger partial charge in [0.2, 0.25) is 0 Å². The van der Waals surface area contributed by atoms with Crippen molar-refractivity contribution in [1.29, 1.82) is 0 Å². The van der Waals surface area contributed by atoms with E-state index in [-0.39, 0.29) is 16.1 Å². The molecule has 1 unspecified atom stereocenters. The third kappa shape index (κ3) is 3.18. The molecule has 0 aliphatic rings. The summed E-state index contributed by atoms with van der Waals surface area (Å²) in [6.07, 6.45) is 2.87. The Morgan fingerprint density at radius 3 is 2.72 bits per heavy atom. The minimum Gasteiger partial charge on any atom is -0.360 e. The Kier molecular flexibility index (Phi) is 4.82. The zero-order valence-electron chi connectivity index (χ0n) is 16.6. The van der Waals surface area contributed by atoms with Crippen LogP contribution in [0.15, 0.2) is 59.9 Å². The molecule has 1 atom stereocenters. The second-order valence-corrected chi connectivity index (χ2v) is 7.55. The summed E-state index contributed by atoms with van der Waals surface area (Å²) in [5.74, 6) is -0.891. The highest BCUT2D eigenvalue weighted by molar-refractivity contribution is 6.35. The third-order valence-electron chi connectivity index (χ3n) is 5.21. The molecule has 5 aromatic rings. The first-order valence-electron chi connectivity index (χ1n) is 9.65. The van der Waals surface area contributed by atoms with Gasteiger partial charge in [0.25, 0.3) is 5.56 Å². The molecule has 7 nitrogen and oxygen atoms in total. The fraction of sp³-hybridized carbons (Fsp3) is 0.0909. The Morgan fingerprint density at radius 1 is 1.09 bits per heavy atom. The number of imidazole rings is 1. The first-order valence-corrected chi connectivity index (χ1v) is 10.0. The van der Waals surface area contributed by atoms with Crippen LogP contribution in [0.2, 0.25) is 5.02 Å². The molecule has 5 rings (SSSR count). The summed E-state index contributed by atoms with van der Waals surface area (Å²) in [5, 5.41) is 3.32. The fourth-order valence-electron chi connectivity index (χ4n) is 3.71. The smallest absolute Gasteiger partial charge is 0.264 e. The number of nitrogens with one attached hydrogen (secondary N) is 2. The summed E-state index contributed by atoms with van der Waals surface area (Å²) in [7, 11) is 0. The van der Waals surface area contributed by atoms with Crippen LogP contribution in [0.1, 0.15) is 18.7 Å². The molecule has 3 aromatic heterocycles. The molecular weight excluding hydrogens is 438 g/mol. The van der Waals surface area contributed by atoms with E-state index in [1.54, 1.807) is 19.1 Å². The van der Waals surface area contributed by atoms with Crippen molar-refractivity contribution >= 4 is 39.4 Å². The molecule has 2 N–H and O–H groups in total. The van der Waals surface area contributed by atoms with Crippen molar-refractivity contribution in [3.8, 4) is 5.69 Å². The molecule has 10 heteroatoms. The van der Waals surface area contributed by atoms with Gasteiger partial charge in [0.05, 0.1) is 28.5 Å². The maximum absolute atomic E-state index is 14.8. The van der Waals surface area contributed by atoms with Crippen molar-refractivity contribution in [3.63, 3.8) is 0 Å². The van der Waals surface area contributed by atoms with Crippen LogP contribution >= 0.6 is 11.6 Å². The van der Waals surface area contributed by atoms with Gasteiger partial charge in [0.1, 0.15) is 23.5 Å². The van der Waals surface area contributed by atoms with E-state index in [0.29, 0.717) is 28.1 Å². The molecule has 0 spiro atoms. The van der Waals surface area contributed by atoms with E-state index in [0.717, 1.165) is 0 Å². The number of aromatic amines is 1. The summed E-state index contributed by atoms with van der Waals surface area (Å²) >= 11 is 6.12. The number of benzene rings is 2. The van der Waals surface area contributed by atoms with E-state index in [1.165, 1.54) is 47.6 Å². The van der Waals surface area contributed by atoms with Crippen LogP contribution in [0, 0.1) is 11.6 Å². The lowest BCUT2D eigenvalue weighted by atomic mass is 10.1. The van der Waals surface area contributed by atoms with Crippen molar-refractivity contribution in [2.24, 2.45) is 0 Å². The van der Waals surface area contributed by atoms with Gasteiger partial charge in [-0.2, -0.15) is 0 Å². The first kappa shape index (κ1) is 20.1. The quantitative estimate of drug-likeness (QED) is 0.410. The topological polar surface area (TPSA) is 88.5 Å². The van der Waals surface area contributed by atoms with Crippen LogP contribution < -0.4 is 10.9 Å². The standard InChI is InChI=1S/C22H15ClF2N6O/c1-11(30-21-19-20(27-9-26-19)28-10-29-21)16-8-12-6-7-14(25)18(23)17(12)22(32)31(16)15-5-3-2-4-13(15)24/h2-11H,1H3,(H2,26,27,28,29,30). The lowest BCUT2D eigenvalue weighted by Crippen LogP contribution is -2.26. The normalized spacial score (nSPS) is 12.4. The van der Waals surface area contributed by atoms with Gasteiger partial charge < -0.3 is 10.3 Å². The first-order chi connectivity index (χ1) is 15.5.